The number of hydrogen-bond acceptors (Lipinski definition) is 3. The van der Waals surface area contributed by atoms with E-state index in [-0.39, 0.29) is 5.54 Å². The van der Waals surface area contributed by atoms with Crippen molar-refractivity contribution in [3.8, 4) is 0 Å². The molecule has 1 heterocycles. The molecule has 0 aromatic carbocycles. The molecule has 0 atom stereocenters. The molecule has 0 amide bonds. The van der Waals surface area contributed by atoms with Crippen LogP contribution in [0.4, 0.5) is 0 Å². The van der Waals surface area contributed by atoms with E-state index in [9.17, 15) is 0 Å². The van der Waals surface area contributed by atoms with Gasteiger partial charge in [0.05, 0.1) is 18.8 Å². The third kappa shape index (κ3) is 8.93. The highest BCUT2D eigenvalue weighted by molar-refractivity contribution is 4.83. The van der Waals surface area contributed by atoms with Crippen molar-refractivity contribution in [2.45, 2.75) is 83.6 Å². The van der Waals surface area contributed by atoms with Gasteiger partial charge in [0.1, 0.15) is 6.79 Å². The fourth-order valence-corrected chi connectivity index (χ4v) is 2.74. The van der Waals surface area contributed by atoms with Crippen LogP contribution in [0.2, 0.25) is 0 Å². The minimum Gasteiger partial charge on any atom is -0.353 e. The Morgan fingerprint density at radius 2 is 1.30 bits per heavy atom. The normalized spacial score (nSPS) is 18.3. The molecule has 3 heteroatoms. The topological polar surface area (TPSA) is 30.5 Å². The minimum absolute atomic E-state index is 0.0253. The van der Waals surface area contributed by atoms with Gasteiger partial charge in [0.2, 0.25) is 0 Å². The molecule has 0 bridgehead atoms. The summed E-state index contributed by atoms with van der Waals surface area (Å²) in [7, 11) is 0. The summed E-state index contributed by atoms with van der Waals surface area (Å²) in [6, 6.07) is 0. The predicted octanol–water partition coefficient (Wildman–Crippen LogP) is 4.26. The molecule has 0 spiro atoms. The molecule has 1 rings (SSSR count). The summed E-state index contributed by atoms with van der Waals surface area (Å²) in [5.74, 6) is 0. The van der Waals surface area contributed by atoms with Crippen LogP contribution in [-0.4, -0.2) is 32.1 Å². The highest BCUT2D eigenvalue weighted by atomic mass is 16.7. The van der Waals surface area contributed by atoms with Gasteiger partial charge in [0.25, 0.3) is 0 Å². The molecule has 0 aromatic heterocycles. The lowest BCUT2D eigenvalue weighted by Gasteiger charge is -2.34. The van der Waals surface area contributed by atoms with Crippen molar-refractivity contribution in [1.82, 2.24) is 5.32 Å². The highest BCUT2D eigenvalue weighted by Crippen LogP contribution is 2.12. The predicted molar refractivity (Wildman–Crippen MR) is 85.0 cm³/mol. The molecule has 0 saturated carbocycles. The number of rotatable bonds is 12. The number of unbranched alkanes of at least 4 members (excludes halogenated alkanes) is 9. The second-order valence-electron chi connectivity index (χ2n) is 6.48. The molecule has 1 aliphatic heterocycles. The molecular formula is C17H35NO2. The monoisotopic (exact) mass is 285 g/mol. The van der Waals surface area contributed by atoms with E-state index in [1.54, 1.807) is 0 Å². The van der Waals surface area contributed by atoms with Crippen molar-refractivity contribution >= 4 is 0 Å². The summed E-state index contributed by atoms with van der Waals surface area (Å²) in [5, 5.41) is 3.57. The molecule has 3 nitrogen and oxygen atoms in total. The number of nitrogens with one attached hydrogen (secondary N) is 1. The Morgan fingerprint density at radius 3 is 1.85 bits per heavy atom. The van der Waals surface area contributed by atoms with Crippen LogP contribution in [0.15, 0.2) is 0 Å². The SMILES string of the molecule is CCCCCCCCCCCCNC1(C)COCOC1. The van der Waals surface area contributed by atoms with Crippen LogP contribution in [0.25, 0.3) is 0 Å². The van der Waals surface area contributed by atoms with Crippen LogP contribution >= 0.6 is 0 Å². The lowest BCUT2D eigenvalue weighted by atomic mass is 10.0. The molecular weight excluding hydrogens is 250 g/mol. The lowest BCUT2D eigenvalue weighted by Crippen LogP contribution is -2.53. The molecule has 1 fully saturated rings. The Hall–Kier alpha value is -0.120. The van der Waals surface area contributed by atoms with Gasteiger partial charge in [0, 0.05) is 0 Å². The van der Waals surface area contributed by atoms with Crippen LogP contribution in [0, 0.1) is 0 Å². The van der Waals surface area contributed by atoms with Gasteiger partial charge in [-0.3, -0.25) is 0 Å². The second kappa shape index (κ2) is 11.5. The Balaban J connectivity index is 1.80. The zero-order chi connectivity index (χ0) is 14.5. The average molecular weight is 285 g/mol. The maximum atomic E-state index is 5.35. The lowest BCUT2D eigenvalue weighted by molar-refractivity contribution is -0.139. The average Bonchev–Trinajstić information content (AvgIpc) is 2.45. The summed E-state index contributed by atoms with van der Waals surface area (Å²) in [6.07, 6.45) is 13.9. The fraction of sp³-hybridized carbons (Fsp3) is 1.00. The summed E-state index contributed by atoms with van der Waals surface area (Å²) in [5.41, 5.74) is 0.0253. The van der Waals surface area contributed by atoms with Gasteiger partial charge in [-0.1, -0.05) is 64.7 Å². The van der Waals surface area contributed by atoms with Crippen molar-refractivity contribution < 1.29 is 9.47 Å². The number of ether oxygens (including phenoxy) is 2. The van der Waals surface area contributed by atoms with E-state index in [1.807, 2.05) is 0 Å². The van der Waals surface area contributed by atoms with Gasteiger partial charge in [-0.05, 0) is 19.9 Å². The summed E-state index contributed by atoms with van der Waals surface area (Å²) in [6.45, 7) is 7.53. The first-order valence-electron chi connectivity index (χ1n) is 8.67. The molecule has 1 saturated heterocycles. The first-order valence-corrected chi connectivity index (χ1v) is 8.67. The first-order chi connectivity index (χ1) is 9.77. The van der Waals surface area contributed by atoms with E-state index in [0.717, 1.165) is 19.8 Å². The molecule has 20 heavy (non-hydrogen) atoms. The Morgan fingerprint density at radius 1 is 0.800 bits per heavy atom. The van der Waals surface area contributed by atoms with E-state index in [4.69, 9.17) is 9.47 Å². The van der Waals surface area contributed by atoms with Crippen molar-refractivity contribution in [2.75, 3.05) is 26.6 Å². The van der Waals surface area contributed by atoms with Crippen LogP contribution < -0.4 is 5.32 Å². The van der Waals surface area contributed by atoms with Gasteiger partial charge in [0.15, 0.2) is 0 Å². The number of hydrogen-bond donors (Lipinski definition) is 1. The fourth-order valence-electron chi connectivity index (χ4n) is 2.74. The van der Waals surface area contributed by atoms with Gasteiger partial charge in [-0.25, -0.2) is 0 Å². The summed E-state index contributed by atoms with van der Waals surface area (Å²) in [4.78, 5) is 0. The largest absolute Gasteiger partial charge is 0.353 e. The third-order valence-electron chi connectivity index (χ3n) is 4.09. The van der Waals surface area contributed by atoms with Crippen LogP contribution in [0.1, 0.15) is 78.1 Å². The molecule has 0 aliphatic carbocycles. The van der Waals surface area contributed by atoms with E-state index < -0.39 is 0 Å². The smallest absolute Gasteiger partial charge is 0.146 e. The van der Waals surface area contributed by atoms with Crippen molar-refractivity contribution in [2.24, 2.45) is 0 Å². The quantitative estimate of drug-likeness (QED) is 0.543. The first kappa shape index (κ1) is 17.9. The van der Waals surface area contributed by atoms with Gasteiger partial charge in [-0.2, -0.15) is 0 Å². The van der Waals surface area contributed by atoms with E-state index in [2.05, 4.69) is 19.2 Å². The van der Waals surface area contributed by atoms with Crippen LogP contribution in [-0.2, 0) is 9.47 Å². The van der Waals surface area contributed by atoms with E-state index in [1.165, 1.54) is 64.2 Å². The van der Waals surface area contributed by atoms with Gasteiger partial charge in [-0.15, -0.1) is 0 Å². The zero-order valence-electron chi connectivity index (χ0n) is 13.7. The minimum atomic E-state index is 0.0253. The molecule has 0 radical (unpaired) electrons. The third-order valence-corrected chi connectivity index (χ3v) is 4.09. The van der Waals surface area contributed by atoms with Gasteiger partial charge >= 0.3 is 0 Å². The van der Waals surface area contributed by atoms with Crippen LogP contribution in [0.5, 0.6) is 0 Å². The standard InChI is InChI=1S/C17H35NO2/c1-3-4-5-6-7-8-9-10-11-12-13-18-17(2)14-19-16-20-15-17/h18H,3-16H2,1-2H3. The van der Waals surface area contributed by atoms with Crippen molar-refractivity contribution in [1.29, 1.82) is 0 Å². The summed E-state index contributed by atoms with van der Waals surface area (Å²) < 4.78 is 10.7. The zero-order valence-corrected chi connectivity index (χ0v) is 13.7. The van der Waals surface area contributed by atoms with E-state index in [0.29, 0.717) is 6.79 Å². The Kier molecular flexibility index (Phi) is 10.3. The Labute approximate surface area is 125 Å². The molecule has 1 N–H and O–H groups in total. The molecule has 0 aromatic rings. The van der Waals surface area contributed by atoms with Crippen molar-refractivity contribution in [3.63, 3.8) is 0 Å². The van der Waals surface area contributed by atoms with Crippen molar-refractivity contribution in [3.05, 3.63) is 0 Å². The highest BCUT2D eigenvalue weighted by Gasteiger charge is 2.27. The second-order valence-corrected chi connectivity index (χ2v) is 6.48. The summed E-state index contributed by atoms with van der Waals surface area (Å²) >= 11 is 0. The maximum Gasteiger partial charge on any atom is 0.146 e. The Bertz CT molecular complexity index is 215. The maximum absolute atomic E-state index is 5.35. The van der Waals surface area contributed by atoms with E-state index >= 15 is 0 Å². The van der Waals surface area contributed by atoms with Crippen LogP contribution in [0.3, 0.4) is 0 Å². The van der Waals surface area contributed by atoms with Gasteiger partial charge < -0.3 is 14.8 Å². The molecule has 1 aliphatic rings. The molecule has 0 unspecified atom stereocenters. The molecule has 120 valence electrons.